The van der Waals surface area contributed by atoms with Gasteiger partial charge in [-0.05, 0) is 79.6 Å². The van der Waals surface area contributed by atoms with Crippen LogP contribution in [0.1, 0.15) is 70.6 Å². The van der Waals surface area contributed by atoms with E-state index in [-0.39, 0.29) is 53.1 Å². The van der Waals surface area contributed by atoms with Gasteiger partial charge in [0, 0.05) is 53.7 Å². The molecule has 9 rings (SSSR count). The molecule has 4 aliphatic rings. The molecule has 1 aliphatic carbocycles. The number of anilines is 1. The van der Waals surface area contributed by atoms with Crippen molar-refractivity contribution in [1.29, 1.82) is 0 Å². The van der Waals surface area contributed by atoms with Crippen LogP contribution in [0.3, 0.4) is 0 Å². The molecule has 7 N–H and O–H groups in total. The summed E-state index contributed by atoms with van der Waals surface area (Å²) in [4.78, 5) is 77.8. The summed E-state index contributed by atoms with van der Waals surface area (Å²) in [7, 11) is 0. The Bertz CT molecular complexity index is 3190. The maximum atomic E-state index is 14.5. The molecule has 5 amide bonds. The van der Waals surface area contributed by atoms with Crippen molar-refractivity contribution in [3.8, 4) is 17.0 Å². The van der Waals surface area contributed by atoms with Gasteiger partial charge in [-0.3, -0.25) is 29.3 Å². The first kappa shape index (κ1) is 54.3. The number of halogens is 7. The fourth-order valence-electron chi connectivity index (χ4n) is 9.19. The number of ether oxygens (including phenoxy) is 3. The van der Waals surface area contributed by atoms with Crippen LogP contribution in [0.25, 0.3) is 11.3 Å². The summed E-state index contributed by atoms with van der Waals surface area (Å²) in [5.41, 5.74) is 5.11. The van der Waals surface area contributed by atoms with Gasteiger partial charge in [0.25, 0.3) is 11.8 Å². The van der Waals surface area contributed by atoms with Crippen LogP contribution in [0.4, 0.5) is 33.3 Å². The van der Waals surface area contributed by atoms with E-state index in [2.05, 4.69) is 41.2 Å². The normalized spacial score (nSPS) is 23.8. The molecule has 5 heterocycles. The Hall–Kier alpha value is -7.49. The number of imide groups is 1. The van der Waals surface area contributed by atoms with Gasteiger partial charge in [-0.25, -0.2) is 28.4 Å². The summed E-state index contributed by atoms with van der Waals surface area (Å²) in [6.45, 7) is -0.263. The summed E-state index contributed by atoms with van der Waals surface area (Å²) in [6, 6.07) is 9.28. The molecule has 5 aromatic rings. The van der Waals surface area contributed by atoms with Crippen molar-refractivity contribution >= 4 is 75.8 Å². The maximum absolute atomic E-state index is 14.5. The van der Waals surface area contributed by atoms with Gasteiger partial charge in [0.05, 0.1) is 36.1 Å². The van der Waals surface area contributed by atoms with Gasteiger partial charge in [-0.1, -0.05) is 28.4 Å². The number of amides is 5. The third-order valence-corrected chi connectivity index (χ3v) is 13.5. The van der Waals surface area contributed by atoms with Crippen LogP contribution < -0.4 is 26.4 Å². The minimum Gasteiger partial charge on any atom is -0.489 e. The summed E-state index contributed by atoms with van der Waals surface area (Å²) >= 11 is 11.8. The van der Waals surface area contributed by atoms with Crippen LogP contribution in [-0.4, -0.2) is 132 Å². The molecule has 2 aromatic heterocycles. The largest absolute Gasteiger partial charge is 0.489 e. The number of carbonyl (C=O) groups excluding carboxylic acids is 5. The first-order chi connectivity index (χ1) is 36.6. The van der Waals surface area contributed by atoms with E-state index >= 15 is 0 Å². The van der Waals surface area contributed by atoms with Crippen molar-refractivity contribution in [1.82, 2.24) is 35.5 Å². The van der Waals surface area contributed by atoms with Gasteiger partial charge in [0.2, 0.25) is 17.7 Å². The predicted molar refractivity (Wildman–Crippen MR) is 262 cm³/mol. The molecule has 3 fully saturated rings. The fraction of sp³-hybridized carbons (Fsp3) is 0.347. The van der Waals surface area contributed by atoms with E-state index in [1.807, 2.05) is 0 Å². The average molecular weight is 1110 g/mol. The maximum Gasteiger partial charge on any atom is 0.418 e. The second-order valence-corrected chi connectivity index (χ2v) is 19.1. The Morgan fingerprint density at radius 3 is 2.47 bits per heavy atom. The second-order valence-electron chi connectivity index (χ2n) is 18.3. The topological polar surface area (TPSA) is 287 Å². The third-order valence-electron chi connectivity index (χ3n) is 12.9. The first-order valence-electron chi connectivity index (χ1n) is 23.5. The predicted octanol–water partition coefficient (Wildman–Crippen LogP) is 4.84. The monoisotopic (exact) mass is 1110 g/mol. The zero-order chi connectivity index (χ0) is 55.0. The van der Waals surface area contributed by atoms with Gasteiger partial charge < -0.3 is 45.7 Å². The number of carbonyl (C=O) groups is 5. The fourth-order valence-corrected chi connectivity index (χ4v) is 9.46. The lowest BCUT2D eigenvalue weighted by Crippen LogP contribution is -2.59. The lowest BCUT2D eigenvalue weighted by Gasteiger charge is -2.43. The number of alkyl halides is 3. The number of benzene rings is 3. The Kier molecular flexibility index (Phi) is 15.7. The van der Waals surface area contributed by atoms with Crippen LogP contribution in [0, 0.1) is 11.6 Å². The van der Waals surface area contributed by atoms with Crippen LogP contribution in [0.2, 0.25) is 10.0 Å². The Labute approximate surface area is 442 Å². The van der Waals surface area contributed by atoms with Crippen molar-refractivity contribution in [2.45, 2.75) is 94.0 Å². The first-order valence-corrected chi connectivity index (χ1v) is 24.3. The molecular weight excluding hydrogens is 1070 g/mol. The number of hydrogen-bond acceptors (Lipinski definition) is 14. The molecular formula is C49H44Cl2F5N11O10. The smallest absolute Gasteiger partial charge is 0.418 e. The summed E-state index contributed by atoms with van der Waals surface area (Å²) in [5.74, 6) is -5.29. The highest BCUT2D eigenvalue weighted by Crippen LogP contribution is 2.40. The quantitative estimate of drug-likeness (QED) is 0.0286. The van der Waals surface area contributed by atoms with Crippen molar-refractivity contribution in [3.63, 3.8) is 0 Å². The van der Waals surface area contributed by atoms with Crippen molar-refractivity contribution in [3.05, 3.63) is 117 Å². The number of aliphatic hydroxyl groups excluding tert-OH is 2. The molecule has 77 heavy (non-hydrogen) atoms. The van der Waals surface area contributed by atoms with E-state index in [1.165, 1.54) is 30.2 Å². The van der Waals surface area contributed by atoms with Crippen LogP contribution in [0.5, 0.6) is 5.75 Å². The molecule has 2 saturated heterocycles. The average Bonchev–Trinajstić information content (AvgIpc) is 4.00. The van der Waals surface area contributed by atoms with Gasteiger partial charge in [0.15, 0.2) is 5.84 Å². The molecule has 1 saturated carbocycles. The van der Waals surface area contributed by atoms with Crippen molar-refractivity contribution in [2.24, 2.45) is 15.7 Å². The minimum atomic E-state index is -4.95. The molecule has 0 spiro atoms. The molecule has 3 aromatic carbocycles. The van der Waals surface area contributed by atoms with E-state index < -0.39 is 125 Å². The number of fused-ring (bicyclic) bond motifs is 1. The molecule has 404 valence electrons. The number of nitrogens with two attached hydrogens (primary N) is 1. The second kappa shape index (κ2) is 22.2. The molecule has 0 bridgehead atoms. The molecule has 21 nitrogen and oxygen atoms in total. The Morgan fingerprint density at radius 2 is 1.79 bits per heavy atom. The number of nitrogens with zero attached hydrogens (tertiary/aromatic N) is 7. The summed E-state index contributed by atoms with van der Waals surface area (Å²) in [5, 5.41) is 37.0. The minimum absolute atomic E-state index is 0.0422. The number of aliphatic imine (C=N–C) groups is 2. The number of aromatic nitrogens is 4. The number of hydrogen-bond donors (Lipinski definition) is 6. The number of aliphatic hydroxyl groups is 2. The number of piperidine rings is 1. The lowest BCUT2D eigenvalue weighted by atomic mass is 9.89. The van der Waals surface area contributed by atoms with Crippen LogP contribution in [0.15, 0.2) is 83.0 Å². The zero-order valence-corrected chi connectivity index (χ0v) is 41.5. The van der Waals surface area contributed by atoms with Gasteiger partial charge in [-0.2, -0.15) is 13.2 Å². The number of pyridine rings is 1. The van der Waals surface area contributed by atoms with Crippen LogP contribution >= 0.6 is 23.2 Å². The summed E-state index contributed by atoms with van der Waals surface area (Å²) in [6.07, 6.45) is -8.62. The van der Waals surface area contributed by atoms with Crippen molar-refractivity contribution in [2.75, 3.05) is 18.5 Å². The van der Waals surface area contributed by atoms with Gasteiger partial charge >= 0.3 is 6.18 Å². The molecule has 3 aliphatic heterocycles. The van der Waals surface area contributed by atoms with Gasteiger partial charge in [-0.15, -0.1) is 5.10 Å². The summed E-state index contributed by atoms with van der Waals surface area (Å²) < 4.78 is 91.2. The van der Waals surface area contributed by atoms with E-state index in [0.717, 1.165) is 35.1 Å². The van der Waals surface area contributed by atoms with E-state index in [9.17, 15) is 56.1 Å². The Balaban J connectivity index is 0.865. The van der Waals surface area contributed by atoms with Crippen LogP contribution in [-0.2, 0) is 36.6 Å². The lowest BCUT2D eigenvalue weighted by molar-refractivity contribution is -0.200. The van der Waals surface area contributed by atoms with E-state index in [0.29, 0.717) is 41.5 Å². The third kappa shape index (κ3) is 11.9. The molecule has 0 unspecified atom stereocenters. The molecule has 28 heteroatoms. The molecule has 0 radical (unpaired) electrons. The number of nitrogens with one attached hydrogen (secondary N) is 3. The highest BCUT2D eigenvalue weighted by molar-refractivity contribution is 6.31. The van der Waals surface area contributed by atoms with Gasteiger partial charge in [0.1, 0.15) is 83.0 Å². The van der Waals surface area contributed by atoms with E-state index in [1.54, 1.807) is 18.2 Å². The molecule has 6 atom stereocenters. The highest BCUT2D eigenvalue weighted by Gasteiger charge is 2.50. The zero-order valence-electron chi connectivity index (χ0n) is 40.0. The van der Waals surface area contributed by atoms with E-state index in [4.69, 9.17) is 43.1 Å². The Morgan fingerprint density at radius 1 is 1.04 bits per heavy atom. The standard InChI is InChI=1S/C49H44Cl2F5N11O10/c1-21(57)59-45(62-34-13-24(50)2-6-30(34)49(54,55)56)44-43(41(42(71)37(19-68)77-44)67-18-35(64-65-67)22-11-31(52)40(51)32(53)12-22)75-20-39(70)60-26-14-28(15-26)76-27-4-7-33(58-16-27)46(72)61-25-3-5-29-23(10-25)17-66(48(29)74)36-8-9-38(69)63-47(36)73/h2-7,10-13,16,18,26,28,36-37,41-44,68,71H,8-9,14-15,17,19-20H2,1H3,(H,60,70)(H,61,72)(H2,57,59,62)(H,63,69,73)/t26?,28?,36-,37+,41-,42-,43+,44+/m0/s1. The number of rotatable bonds is 14. The number of amidine groups is 2. The SMILES string of the molecule is CC(N)=NC(=Nc1cc(Cl)ccc1C(F)(F)F)[C@@H]1O[C@H](CO)[C@H](O)[C@H](n2cc(-c3cc(F)c(Cl)c(F)c3)nn2)[C@H]1OCC(=O)NC1CC(Oc2ccc(C(=O)Nc3ccc4c(c3)CN([C@H]3CCC(=O)NC3=O)C4=O)nc2)C1. The van der Waals surface area contributed by atoms with Crippen molar-refractivity contribution < 1.29 is 70.3 Å². The highest BCUT2D eigenvalue weighted by atomic mass is 35.5.